The molecule has 3 heterocycles. The number of anilines is 1. The summed E-state index contributed by atoms with van der Waals surface area (Å²) in [7, 11) is 0. The van der Waals surface area contributed by atoms with E-state index >= 15 is 0 Å². The highest BCUT2D eigenvalue weighted by molar-refractivity contribution is 6.31. The lowest BCUT2D eigenvalue weighted by molar-refractivity contribution is -0.192. The zero-order chi connectivity index (χ0) is 28.3. The summed E-state index contributed by atoms with van der Waals surface area (Å²) in [6.07, 6.45) is -0.950. The first kappa shape index (κ1) is 28.6. The van der Waals surface area contributed by atoms with Crippen LogP contribution in [0.3, 0.4) is 0 Å². The fraction of sp³-hybridized carbons (Fsp3) is 0.370. The van der Waals surface area contributed by atoms with Gasteiger partial charge in [-0.3, -0.25) is 4.90 Å². The number of carboxylic acid groups (broad SMARTS) is 1. The van der Waals surface area contributed by atoms with Gasteiger partial charge in [-0.05, 0) is 61.2 Å². The van der Waals surface area contributed by atoms with Crippen molar-refractivity contribution in [3.63, 3.8) is 0 Å². The van der Waals surface area contributed by atoms with E-state index in [0.717, 1.165) is 55.0 Å². The van der Waals surface area contributed by atoms with Crippen LogP contribution in [0.5, 0.6) is 0 Å². The van der Waals surface area contributed by atoms with Crippen molar-refractivity contribution >= 4 is 28.8 Å². The number of aliphatic carboxylic acids is 1. The second kappa shape index (κ2) is 11.7. The maximum atomic E-state index is 14.7. The first-order valence-electron chi connectivity index (χ1n) is 12.5. The Morgan fingerprint density at radius 2 is 1.97 bits per heavy atom. The highest BCUT2D eigenvalue weighted by Gasteiger charge is 2.38. The van der Waals surface area contributed by atoms with Gasteiger partial charge in [-0.15, -0.1) is 5.10 Å². The highest BCUT2D eigenvalue weighted by Crippen LogP contribution is 2.39. The van der Waals surface area contributed by atoms with Crippen LogP contribution in [0.1, 0.15) is 42.6 Å². The fourth-order valence-electron chi connectivity index (χ4n) is 4.78. The van der Waals surface area contributed by atoms with Crippen molar-refractivity contribution in [2.45, 2.75) is 45.5 Å². The molecule has 1 aromatic heterocycles. The van der Waals surface area contributed by atoms with E-state index in [1.165, 1.54) is 11.1 Å². The molecule has 0 radical (unpaired) electrons. The average Bonchev–Trinajstić information content (AvgIpc) is 3.20. The Bertz CT molecular complexity index is 1390. The van der Waals surface area contributed by atoms with Gasteiger partial charge in [0.15, 0.2) is 5.82 Å². The van der Waals surface area contributed by atoms with Crippen LogP contribution in [-0.4, -0.2) is 56.8 Å². The standard InChI is InChI=1S/C25H27ClFN5.C2HF3O2/c1-3-31-12-9-17(10-13-31)18-7-8-19-20(15-18)22(11-14-32-25(19)16(2)29-30-32)28-23-6-4-5-21(26)24(23)27;3-2(4,5)1(6)7/h4-9,15,22,28H,3,10-14H2,1-2H3;(H,6,7). The number of carbonyl (C=O) groups is 1. The van der Waals surface area contributed by atoms with E-state index in [0.29, 0.717) is 12.2 Å². The highest BCUT2D eigenvalue weighted by atomic mass is 35.5. The van der Waals surface area contributed by atoms with E-state index < -0.39 is 18.0 Å². The summed E-state index contributed by atoms with van der Waals surface area (Å²) in [6.45, 7) is 8.02. The number of aromatic nitrogens is 3. The molecule has 12 heteroatoms. The number of hydrogen-bond acceptors (Lipinski definition) is 5. The maximum Gasteiger partial charge on any atom is 0.490 e. The maximum absolute atomic E-state index is 14.7. The number of rotatable bonds is 4. The van der Waals surface area contributed by atoms with Gasteiger partial charge in [-0.1, -0.05) is 48.0 Å². The van der Waals surface area contributed by atoms with Gasteiger partial charge >= 0.3 is 12.1 Å². The van der Waals surface area contributed by atoms with Crippen LogP contribution in [0.15, 0.2) is 42.5 Å². The molecule has 2 aromatic carbocycles. The lowest BCUT2D eigenvalue weighted by atomic mass is 9.90. The van der Waals surface area contributed by atoms with Gasteiger partial charge in [0.25, 0.3) is 0 Å². The Morgan fingerprint density at radius 3 is 2.62 bits per heavy atom. The number of hydrogen-bond donors (Lipinski definition) is 2. The second-order valence-corrected chi connectivity index (χ2v) is 9.72. The third-order valence-corrected chi connectivity index (χ3v) is 7.14. The first-order valence-corrected chi connectivity index (χ1v) is 12.8. The second-order valence-electron chi connectivity index (χ2n) is 9.31. The van der Waals surface area contributed by atoms with E-state index in [1.807, 2.05) is 11.6 Å². The zero-order valence-electron chi connectivity index (χ0n) is 21.4. The topological polar surface area (TPSA) is 83.3 Å². The number of nitrogens with zero attached hydrogens (tertiary/aromatic N) is 4. The van der Waals surface area contributed by atoms with Crippen molar-refractivity contribution in [1.29, 1.82) is 0 Å². The van der Waals surface area contributed by atoms with Crippen LogP contribution >= 0.6 is 11.6 Å². The van der Waals surface area contributed by atoms with E-state index in [9.17, 15) is 17.6 Å². The number of fused-ring (bicyclic) bond motifs is 3. The van der Waals surface area contributed by atoms with Crippen LogP contribution in [0, 0.1) is 12.7 Å². The quantitative estimate of drug-likeness (QED) is 0.359. The van der Waals surface area contributed by atoms with E-state index in [4.69, 9.17) is 21.5 Å². The van der Waals surface area contributed by atoms with E-state index in [-0.39, 0.29) is 11.1 Å². The Hall–Kier alpha value is -3.44. The molecule has 2 aliphatic heterocycles. The van der Waals surface area contributed by atoms with Crippen LogP contribution < -0.4 is 5.32 Å². The molecule has 39 heavy (non-hydrogen) atoms. The molecular weight excluding hydrogens is 538 g/mol. The summed E-state index contributed by atoms with van der Waals surface area (Å²) in [4.78, 5) is 11.3. The van der Waals surface area contributed by atoms with Gasteiger partial charge in [0.1, 0.15) is 0 Å². The smallest absolute Gasteiger partial charge is 0.475 e. The van der Waals surface area contributed by atoms with E-state index in [1.54, 1.807) is 18.2 Å². The zero-order valence-corrected chi connectivity index (χ0v) is 22.2. The molecule has 1 atom stereocenters. The summed E-state index contributed by atoms with van der Waals surface area (Å²) in [5, 5.41) is 19.3. The molecule has 2 N–H and O–H groups in total. The Morgan fingerprint density at radius 1 is 1.23 bits per heavy atom. The minimum Gasteiger partial charge on any atom is -0.475 e. The van der Waals surface area contributed by atoms with Crippen molar-refractivity contribution in [2.24, 2.45) is 0 Å². The number of benzene rings is 2. The average molecular weight is 566 g/mol. The van der Waals surface area contributed by atoms with Crippen LogP contribution in [-0.2, 0) is 11.3 Å². The fourth-order valence-corrected chi connectivity index (χ4v) is 4.95. The third kappa shape index (κ3) is 6.42. The number of likely N-dealkylation sites (N-methyl/N-ethyl adjacent to an activating group) is 1. The number of nitrogens with one attached hydrogen (secondary N) is 1. The van der Waals surface area contributed by atoms with E-state index in [2.05, 4.69) is 51.7 Å². The van der Waals surface area contributed by atoms with Crippen LogP contribution in [0.4, 0.5) is 23.2 Å². The predicted molar refractivity (Wildman–Crippen MR) is 141 cm³/mol. The van der Waals surface area contributed by atoms with Gasteiger partial charge in [0.05, 0.1) is 28.1 Å². The monoisotopic (exact) mass is 565 g/mol. The summed E-state index contributed by atoms with van der Waals surface area (Å²) in [6, 6.07) is 11.7. The molecule has 3 aromatic rings. The number of alkyl halides is 3. The van der Waals surface area contributed by atoms with Gasteiger partial charge in [0.2, 0.25) is 0 Å². The summed E-state index contributed by atoms with van der Waals surface area (Å²) in [5.41, 5.74) is 7.21. The molecular formula is C27H28ClF4N5O2. The molecule has 1 unspecified atom stereocenters. The van der Waals surface area contributed by atoms with Crippen molar-refractivity contribution in [3.05, 3.63) is 70.1 Å². The summed E-state index contributed by atoms with van der Waals surface area (Å²) in [5.74, 6) is -3.17. The van der Waals surface area contributed by atoms with Gasteiger partial charge in [-0.2, -0.15) is 13.2 Å². The molecule has 5 rings (SSSR count). The lowest BCUT2D eigenvalue weighted by Crippen LogP contribution is -2.28. The van der Waals surface area contributed by atoms with Crippen molar-refractivity contribution in [3.8, 4) is 11.3 Å². The Balaban J connectivity index is 0.000000448. The molecule has 0 fully saturated rings. The predicted octanol–water partition coefficient (Wildman–Crippen LogP) is 6.35. The largest absolute Gasteiger partial charge is 0.490 e. The molecule has 0 aliphatic carbocycles. The van der Waals surface area contributed by atoms with Crippen molar-refractivity contribution < 1.29 is 27.5 Å². The molecule has 7 nitrogen and oxygen atoms in total. The molecule has 0 amide bonds. The minimum absolute atomic E-state index is 0.0738. The summed E-state index contributed by atoms with van der Waals surface area (Å²) < 4.78 is 48.4. The molecule has 0 saturated carbocycles. The van der Waals surface area contributed by atoms with Crippen molar-refractivity contribution in [1.82, 2.24) is 19.9 Å². The number of aryl methyl sites for hydroxylation is 2. The lowest BCUT2D eigenvalue weighted by Gasteiger charge is -2.26. The Kier molecular flexibility index (Phi) is 8.60. The minimum atomic E-state index is -5.08. The molecule has 0 spiro atoms. The first-order chi connectivity index (χ1) is 18.5. The molecule has 2 aliphatic rings. The van der Waals surface area contributed by atoms with Gasteiger partial charge < -0.3 is 10.4 Å². The molecule has 0 bridgehead atoms. The molecule has 0 saturated heterocycles. The van der Waals surface area contributed by atoms with Crippen molar-refractivity contribution in [2.75, 3.05) is 25.0 Å². The Labute approximate surface area is 228 Å². The summed E-state index contributed by atoms with van der Waals surface area (Å²) >= 11 is 6.04. The van der Waals surface area contributed by atoms with Gasteiger partial charge in [0, 0.05) is 25.2 Å². The molecule has 208 valence electrons. The third-order valence-electron chi connectivity index (χ3n) is 6.85. The SMILES string of the molecule is CCN1CC=C(c2ccc3c(c2)C(Nc2cccc(Cl)c2F)CCn2nnc(C)c2-3)CC1.O=C(O)C(F)(F)F. The number of carboxylic acids is 1. The normalized spacial score (nSPS) is 17.2. The number of halogens is 5. The van der Waals surface area contributed by atoms with Crippen LogP contribution in [0.25, 0.3) is 16.8 Å². The van der Waals surface area contributed by atoms with Gasteiger partial charge in [-0.25, -0.2) is 13.9 Å². The van der Waals surface area contributed by atoms with Crippen LogP contribution in [0.2, 0.25) is 5.02 Å².